The molecule has 0 aliphatic rings. The molecule has 0 aliphatic carbocycles. The first kappa shape index (κ1) is 14.0. The third-order valence-corrected chi connectivity index (χ3v) is 4.46. The molecule has 1 heterocycles. The van der Waals surface area contributed by atoms with Crippen molar-refractivity contribution in [3.05, 3.63) is 35.4 Å². The van der Waals surface area contributed by atoms with Crippen LogP contribution >= 0.6 is 23.1 Å². The van der Waals surface area contributed by atoms with E-state index in [1.54, 1.807) is 0 Å². The number of carbonyl (C=O) groups is 1. The van der Waals surface area contributed by atoms with Gasteiger partial charge in [0.15, 0.2) is 4.34 Å². The van der Waals surface area contributed by atoms with E-state index in [1.807, 2.05) is 30.5 Å². The van der Waals surface area contributed by atoms with Crippen LogP contribution in [-0.2, 0) is 0 Å². The average Bonchev–Trinajstić information content (AvgIpc) is 2.86. The molecule has 1 aromatic heterocycles. The highest BCUT2D eigenvalue weighted by molar-refractivity contribution is 8.00. The Hall–Kier alpha value is -1.40. The Balaban J connectivity index is 2.07. The molecule has 4 nitrogen and oxygen atoms in total. The molecule has 2 aromatic rings. The van der Waals surface area contributed by atoms with Crippen molar-refractivity contribution < 1.29 is 4.79 Å². The molecular weight excluding hydrogens is 278 g/mol. The first-order valence-electron chi connectivity index (χ1n) is 5.89. The zero-order valence-electron chi connectivity index (χ0n) is 11.0. The summed E-state index contributed by atoms with van der Waals surface area (Å²) in [4.78, 5) is 12.0. The van der Waals surface area contributed by atoms with Crippen molar-refractivity contribution >= 4 is 34.1 Å². The maximum Gasteiger partial charge on any atom is 0.257 e. The predicted octanol–water partition coefficient (Wildman–Crippen LogP) is 3.64. The highest BCUT2D eigenvalue weighted by Gasteiger charge is 2.10. The van der Waals surface area contributed by atoms with E-state index < -0.39 is 0 Å². The van der Waals surface area contributed by atoms with Crippen molar-refractivity contribution in [2.75, 3.05) is 11.6 Å². The number of aromatic nitrogens is 2. The second kappa shape index (κ2) is 6.16. The number of hydrogen-bond donors (Lipinski definition) is 1. The lowest BCUT2D eigenvalue weighted by Crippen LogP contribution is -2.11. The minimum absolute atomic E-state index is 0.154. The molecule has 0 saturated heterocycles. The minimum atomic E-state index is -0.154. The lowest BCUT2D eigenvalue weighted by molar-refractivity contribution is 0.102. The zero-order chi connectivity index (χ0) is 13.8. The van der Waals surface area contributed by atoms with E-state index in [-0.39, 0.29) is 5.91 Å². The Morgan fingerprint density at radius 3 is 2.47 bits per heavy atom. The van der Waals surface area contributed by atoms with Crippen molar-refractivity contribution in [3.8, 4) is 0 Å². The Labute approximate surface area is 120 Å². The molecule has 0 bridgehead atoms. The molecule has 0 unspecified atom stereocenters. The number of carbonyl (C=O) groups excluding carboxylic acids is 1. The Morgan fingerprint density at radius 2 is 1.95 bits per heavy atom. The van der Waals surface area contributed by atoms with Crippen molar-refractivity contribution in [2.45, 2.75) is 24.1 Å². The number of amides is 1. The molecule has 1 N–H and O–H groups in total. The van der Waals surface area contributed by atoms with Crippen molar-refractivity contribution in [3.63, 3.8) is 0 Å². The van der Waals surface area contributed by atoms with Gasteiger partial charge in [0.2, 0.25) is 5.13 Å². The SMILES string of the molecule is CSc1nnc(NC(=O)c2ccc(C(C)C)cc2)s1. The number of nitrogens with zero attached hydrogens (tertiary/aromatic N) is 2. The molecule has 0 atom stereocenters. The first-order valence-corrected chi connectivity index (χ1v) is 7.93. The fourth-order valence-corrected chi connectivity index (χ4v) is 2.70. The van der Waals surface area contributed by atoms with Crippen LogP contribution < -0.4 is 5.32 Å². The number of hydrogen-bond acceptors (Lipinski definition) is 5. The Morgan fingerprint density at radius 1 is 1.26 bits per heavy atom. The Kier molecular flexibility index (Phi) is 4.55. The van der Waals surface area contributed by atoms with Crippen molar-refractivity contribution in [1.82, 2.24) is 10.2 Å². The number of nitrogens with one attached hydrogen (secondary N) is 1. The van der Waals surface area contributed by atoms with Gasteiger partial charge in [0.1, 0.15) is 0 Å². The molecule has 0 fully saturated rings. The summed E-state index contributed by atoms with van der Waals surface area (Å²) < 4.78 is 0.838. The number of anilines is 1. The van der Waals surface area contributed by atoms with Crippen LogP contribution in [0.4, 0.5) is 5.13 Å². The quantitative estimate of drug-likeness (QED) is 0.691. The summed E-state index contributed by atoms with van der Waals surface area (Å²) in [7, 11) is 0. The zero-order valence-corrected chi connectivity index (χ0v) is 12.6. The normalized spacial score (nSPS) is 10.7. The van der Waals surface area contributed by atoms with Crippen LogP contribution in [0.1, 0.15) is 35.7 Å². The smallest absolute Gasteiger partial charge is 0.257 e. The lowest BCUT2D eigenvalue weighted by atomic mass is 10.0. The third kappa shape index (κ3) is 3.54. The highest BCUT2D eigenvalue weighted by Crippen LogP contribution is 2.23. The summed E-state index contributed by atoms with van der Waals surface area (Å²) in [6.45, 7) is 4.25. The maximum absolute atomic E-state index is 12.0. The van der Waals surface area contributed by atoms with Gasteiger partial charge in [0, 0.05) is 5.56 Å². The van der Waals surface area contributed by atoms with Crippen LogP contribution in [0.3, 0.4) is 0 Å². The molecule has 6 heteroatoms. The van der Waals surface area contributed by atoms with E-state index in [2.05, 4.69) is 29.4 Å². The fourth-order valence-electron chi connectivity index (χ4n) is 1.53. The van der Waals surface area contributed by atoms with Gasteiger partial charge in [0.25, 0.3) is 5.91 Å². The summed E-state index contributed by atoms with van der Waals surface area (Å²) in [5.41, 5.74) is 1.85. The van der Waals surface area contributed by atoms with Crippen LogP contribution in [-0.4, -0.2) is 22.4 Å². The van der Waals surface area contributed by atoms with Crippen LogP contribution in [0.2, 0.25) is 0 Å². The summed E-state index contributed by atoms with van der Waals surface area (Å²) in [6.07, 6.45) is 1.93. The van der Waals surface area contributed by atoms with Gasteiger partial charge < -0.3 is 0 Å². The molecule has 1 amide bonds. The monoisotopic (exact) mass is 293 g/mol. The molecule has 100 valence electrons. The molecule has 0 spiro atoms. The average molecular weight is 293 g/mol. The van der Waals surface area contributed by atoms with Crippen LogP contribution in [0.15, 0.2) is 28.6 Å². The minimum Gasteiger partial charge on any atom is -0.296 e. The molecule has 2 rings (SSSR count). The van der Waals surface area contributed by atoms with Gasteiger partial charge in [-0.3, -0.25) is 10.1 Å². The van der Waals surface area contributed by atoms with E-state index >= 15 is 0 Å². The van der Waals surface area contributed by atoms with Crippen molar-refractivity contribution in [2.24, 2.45) is 0 Å². The van der Waals surface area contributed by atoms with E-state index in [4.69, 9.17) is 0 Å². The maximum atomic E-state index is 12.0. The molecule has 0 saturated carbocycles. The number of rotatable bonds is 4. The summed E-state index contributed by atoms with van der Waals surface area (Å²) in [5.74, 6) is 0.309. The van der Waals surface area contributed by atoms with E-state index in [9.17, 15) is 4.79 Å². The van der Waals surface area contributed by atoms with Gasteiger partial charge in [-0.05, 0) is 29.9 Å². The van der Waals surface area contributed by atoms with Gasteiger partial charge in [-0.2, -0.15) is 0 Å². The first-order chi connectivity index (χ1) is 9.10. The standard InChI is InChI=1S/C13H15N3OS2/c1-8(2)9-4-6-10(7-5-9)11(17)14-12-15-16-13(18-3)19-12/h4-8H,1-3H3,(H,14,15,17). The summed E-state index contributed by atoms with van der Waals surface area (Å²) >= 11 is 2.88. The van der Waals surface area contributed by atoms with E-state index in [1.165, 1.54) is 28.7 Å². The second-order valence-electron chi connectivity index (χ2n) is 4.31. The molecule has 19 heavy (non-hydrogen) atoms. The molecule has 0 aliphatic heterocycles. The molecule has 0 radical (unpaired) electrons. The fraction of sp³-hybridized carbons (Fsp3) is 0.308. The molecule has 1 aromatic carbocycles. The molecular formula is C13H15N3OS2. The Bertz CT molecular complexity index is 564. The van der Waals surface area contributed by atoms with Gasteiger partial charge in [0.05, 0.1) is 0 Å². The van der Waals surface area contributed by atoms with E-state index in [0.717, 1.165) is 4.34 Å². The topological polar surface area (TPSA) is 54.9 Å². The lowest BCUT2D eigenvalue weighted by Gasteiger charge is -2.06. The largest absolute Gasteiger partial charge is 0.296 e. The highest BCUT2D eigenvalue weighted by atomic mass is 32.2. The number of thioether (sulfide) groups is 1. The van der Waals surface area contributed by atoms with Gasteiger partial charge in [-0.15, -0.1) is 10.2 Å². The van der Waals surface area contributed by atoms with Crippen molar-refractivity contribution in [1.29, 1.82) is 0 Å². The summed E-state index contributed by atoms with van der Waals surface area (Å²) in [6, 6.07) is 7.63. The van der Waals surface area contributed by atoms with Gasteiger partial charge >= 0.3 is 0 Å². The van der Waals surface area contributed by atoms with Crippen LogP contribution in [0.25, 0.3) is 0 Å². The van der Waals surface area contributed by atoms with Crippen LogP contribution in [0.5, 0.6) is 0 Å². The third-order valence-electron chi connectivity index (χ3n) is 2.64. The second-order valence-corrected chi connectivity index (χ2v) is 6.34. The summed E-state index contributed by atoms with van der Waals surface area (Å²) in [5, 5.41) is 11.1. The predicted molar refractivity (Wildman–Crippen MR) is 80.2 cm³/mol. The van der Waals surface area contributed by atoms with Crippen LogP contribution in [0, 0.1) is 0 Å². The number of benzene rings is 1. The van der Waals surface area contributed by atoms with E-state index in [0.29, 0.717) is 16.6 Å². The van der Waals surface area contributed by atoms with Gasteiger partial charge in [-0.1, -0.05) is 49.1 Å². The van der Waals surface area contributed by atoms with Gasteiger partial charge in [-0.25, -0.2) is 0 Å².